The molecule has 106 valence electrons. The second-order valence-electron chi connectivity index (χ2n) is 4.57. The van der Waals surface area contributed by atoms with Gasteiger partial charge in [0.1, 0.15) is 5.75 Å². The zero-order chi connectivity index (χ0) is 14.5. The number of ether oxygens (including phenoxy) is 1. The van der Waals surface area contributed by atoms with Crippen molar-refractivity contribution in [2.45, 2.75) is 6.42 Å². The van der Waals surface area contributed by atoms with Crippen molar-refractivity contribution in [2.75, 3.05) is 25.6 Å². The molecule has 0 radical (unpaired) electrons. The van der Waals surface area contributed by atoms with Gasteiger partial charge in [0, 0.05) is 29.5 Å². The number of hydrogen-bond acceptors (Lipinski definition) is 3. The predicted molar refractivity (Wildman–Crippen MR) is 85.3 cm³/mol. The standard InChI is InChI=1S/C16H19ClN2O/c1-19(14-4-3-5-15(11-14)20-2)16-7-6-13(17)10-12(16)8-9-18/h3-7,10-11H,8-9,18H2,1-2H3. The summed E-state index contributed by atoms with van der Waals surface area (Å²) in [4.78, 5) is 2.11. The average molecular weight is 291 g/mol. The minimum absolute atomic E-state index is 0.597. The van der Waals surface area contributed by atoms with E-state index in [2.05, 4.69) is 4.90 Å². The number of nitrogens with zero attached hydrogens (tertiary/aromatic N) is 1. The van der Waals surface area contributed by atoms with E-state index in [1.54, 1.807) is 7.11 Å². The average Bonchev–Trinajstić information content (AvgIpc) is 2.47. The van der Waals surface area contributed by atoms with E-state index in [9.17, 15) is 0 Å². The molecule has 2 aromatic carbocycles. The Morgan fingerprint density at radius 3 is 2.70 bits per heavy atom. The van der Waals surface area contributed by atoms with E-state index < -0.39 is 0 Å². The Kier molecular flexibility index (Phi) is 4.88. The first kappa shape index (κ1) is 14.7. The Labute approximate surface area is 124 Å². The summed E-state index contributed by atoms with van der Waals surface area (Å²) >= 11 is 6.07. The third-order valence-corrected chi connectivity index (χ3v) is 3.49. The molecule has 0 bridgehead atoms. The lowest BCUT2D eigenvalue weighted by Crippen LogP contribution is -2.13. The van der Waals surface area contributed by atoms with Crippen LogP contribution in [-0.2, 0) is 6.42 Å². The molecule has 0 aliphatic carbocycles. The first-order valence-corrected chi connectivity index (χ1v) is 6.89. The maximum atomic E-state index is 6.07. The molecule has 2 N–H and O–H groups in total. The number of rotatable bonds is 5. The van der Waals surface area contributed by atoms with E-state index in [-0.39, 0.29) is 0 Å². The van der Waals surface area contributed by atoms with Crippen molar-refractivity contribution in [1.29, 1.82) is 0 Å². The molecule has 0 saturated carbocycles. The lowest BCUT2D eigenvalue weighted by atomic mass is 10.1. The van der Waals surface area contributed by atoms with Gasteiger partial charge in [-0.1, -0.05) is 17.7 Å². The van der Waals surface area contributed by atoms with Crippen LogP contribution in [0.5, 0.6) is 5.75 Å². The van der Waals surface area contributed by atoms with Crippen molar-refractivity contribution in [2.24, 2.45) is 5.73 Å². The van der Waals surface area contributed by atoms with E-state index in [0.29, 0.717) is 6.54 Å². The van der Waals surface area contributed by atoms with Gasteiger partial charge in [-0.15, -0.1) is 0 Å². The second kappa shape index (κ2) is 6.64. The highest BCUT2D eigenvalue weighted by atomic mass is 35.5. The predicted octanol–water partition coefficient (Wildman–Crippen LogP) is 3.62. The normalized spacial score (nSPS) is 10.4. The van der Waals surface area contributed by atoms with Crippen molar-refractivity contribution in [3.8, 4) is 5.75 Å². The summed E-state index contributed by atoms with van der Waals surface area (Å²) in [5, 5.41) is 0.733. The molecule has 0 amide bonds. The summed E-state index contributed by atoms with van der Waals surface area (Å²) in [5.74, 6) is 0.837. The monoisotopic (exact) mass is 290 g/mol. The highest BCUT2D eigenvalue weighted by Gasteiger charge is 2.10. The highest BCUT2D eigenvalue weighted by molar-refractivity contribution is 6.30. The van der Waals surface area contributed by atoms with Gasteiger partial charge in [0.05, 0.1) is 7.11 Å². The molecule has 0 unspecified atom stereocenters. The van der Waals surface area contributed by atoms with Crippen molar-refractivity contribution in [3.05, 3.63) is 53.1 Å². The number of benzene rings is 2. The molecule has 0 aliphatic rings. The largest absolute Gasteiger partial charge is 0.497 e. The topological polar surface area (TPSA) is 38.5 Å². The quantitative estimate of drug-likeness (QED) is 0.914. The zero-order valence-electron chi connectivity index (χ0n) is 11.8. The molecule has 0 atom stereocenters. The van der Waals surface area contributed by atoms with Gasteiger partial charge < -0.3 is 15.4 Å². The van der Waals surface area contributed by atoms with Gasteiger partial charge in [-0.05, 0) is 48.9 Å². The van der Waals surface area contributed by atoms with Crippen molar-refractivity contribution in [1.82, 2.24) is 0 Å². The molecule has 0 spiro atoms. The molecule has 20 heavy (non-hydrogen) atoms. The fraction of sp³-hybridized carbons (Fsp3) is 0.250. The first-order valence-electron chi connectivity index (χ1n) is 6.52. The number of halogens is 1. The van der Waals surface area contributed by atoms with Crippen LogP contribution in [0, 0.1) is 0 Å². The van der Waals surface area contributed by atoms with Crippen molar-refractivity contribution in [3.63, 3.8) is 0 Å². The summed E-state index contributed by atoms with van der Waals surface area (Å²) in [6.45, 7) is 0.597. The number of nitrogens with two attached hydrogens (primary N) is 1. The Hall–Kier alpha value is -1.71. The number of hydrogen-bond donors (Lipinski definition) is 1. The molecule has 2 aromatic rings. The minimum atomic E-state index is 0.597. The van der Waals surface area contributed by atoms with Crippen molar-refractivity contribution < 1.29 is 4.74 Å². The van der Waals surface area contributed by atoms with Gasteiger partial charge in [0.2, 0.25) is 0 Å². The fourth-order valence-corrected chi connectivity index (χ4v) is 2.39. The summed E-state index contributed by atoms with van der Waals surface area (Å²) in [6.07, 6.45) is 0.796. The Balaban J connectivity index is 2.38. The number of methoxy groups -OCH3 is 1. The molecule has 0 aromatic heterocycles. The molecule has 0 fully saturated rings. The maximum absolute atomic E-state index is 6.07. The Morgan fingerprint density at radius 2 is 2.00 bits per heavy atom. The lowest BCUT2D eigenvalue weighted by Gasteiger charge is -2.23. The minimum Gasteiger partial charge on any atom is -0.497 e. The van der Waals surface area contributed by atoms with Crippen LogP contribution < -0.4 is 15.4 Å². The van der Waals surface area contributed by atoms with E-state index >= 15 is 0 Å². The smallest absolute Gasteiger partial charge is 0.120 e. The summed E-state index contributed by atoms with van der Waals surface area (Å²) < 4.78 is 5.27. The highest BCUT2D eigenvalue weighted by Crippen LogP contribution is 2.31. The third kappa shape index (κ3) is 3.24. The van der Waals surface area contributed by atoms with E-state index in [1.165, 1.54) is 0 Å². The van der Waals surface area contributed by atoms with Gasteiger partial charge in [-0.2, -0.15) is 0 Å². The van der Waals surface area contributed by atoms with Gasteiger partial charge in [0.15, 0.2) is 0 Å². The Morgan fingerprint density at radius 1 is 1.20 bits per heavy atom. The lowest BCUT2D eigenvalue weighted by molar-refractivity contribution is 0.415. The van der Waals surface area contributed by atoms with Crippen LogP contribution >= 0.6 is 11.6 Å². The van der Waals surface area contributed by atoms with Crippen LogP contribution in [0.3, 0.4) is 0 Å². The second-order valence-corrected chi connectivity index (χ2v) is 5.01. The summed E-state index contributed by atoms with van der Waals surface area (Å²) in [7, 11) is 3.69. The molecule has 4 heteroatoms. The van der Waals surface area contributed by atoms with Crippen LogP contribution in [0.1, 0.15) is 5.56 Å². The van der Waals surface area contributed by atoms with Crippen LogP contribution in [0.15, 0.2) is 42.5 Å². The summed E-state index contributed by atoms with van der Waals surface area (Å²) in [6, 6.07) is 13.8. The van der Waals surface area contributed by atoms with Gasteiger partial charge in [0.25, 0.3) is 0 Å². The molecule has 0 heterocycles. The van der Waals surface area contributed by atoms with Crippen molar-refractivity contribution >= 4 is 23.0 Å². The van der Waals surface area contributed by atoms with Gasteiger partial charge in [-0.3, -0.25) is 0 Å². The van der Waals surface area contributed by atoms with E-state index in [4.69, 9.17) is 22.1 Å². The maximum Gasteiger partial charge on any atom is 0.120 e. The van der Waals surface area contributed by atoms with Crippen LogP contribution in [0.4, 0.5) is 11.4 Å². The van der Waals surface area contributed by atoms with Gasteiger partial charge in [-0.25, -0.2) is 0 Å². The van der Waals surface area contributed by atoms with Crippen LogP contribution in [0.2, 0.25) is 5.02 Å². The molecular weight excluding hydrogens is 272 g/mol. The molecule has 0 aliphatic heterocycles. The van der Waals surface area contributed by atoms with E-state index in [1.807, 2.05) is 49.5 Å². The molecule has 3 nitrogen and oxygen atoms in total. The summed E-state index contributed by atoms with van der Waals surface area (Å²) in [5.41, 5.74) is 8.99. The molecule has 0 saturated heterocycles. The van der Waals surface area contributed by atoms with Crippen LogP contribution in [-0.4, -0.2) is 20.7 Å². The molecular formula is C16H19ClN2O. The molecule has 2 rings (SSSR count). The van der Waals surface area contributed by atoms with Gasteiger partial charge >= 0.3 is 0 Å². The number of anilines is 2. The third-order valence-electron chi connectivity index (χ3n) is 3.26. The SMILES string of the molecule is COc1cccc(N(C)c2ccc(Cl)cc2CCN)c1. The van der Waals surface area contributed by atoms with E-state index in [0.717, 1.165) is 34.1 Å². The fourth-order valence-electron chi connectivity index (χ4n) is 2.20. The first-order chi connectivity index (χ1) is 9.65. The zero-order valence-corrected chi connectivity index (χ0v) is 12.5. The Bertz CT molecular complexity index is 586. The van der Waals surface area contributed by atoms with Crippen LogP contribution in [0.25, 0.3) is 0 Å².